The molecule has 0 radical (unpaired) electrons. The first-order chi connectivity index (χ1) is 14.3. The van der Waals surface area contributed by atoms with Gasteiger partial charge in [-0.2, -0.15) is 0 Å². The second-order valence-corrected chi connectivity index (χ2v) is 9.30. The lowest BCUT2D eigenvalue weighted by atomic mass is 10.1. The van der Waals surface area contributed by atoms with Crippen LogP contribution in [0.15, 0.2) is 91.0 Å². The first-order valence-electron chi connectivity index (χ1n) is 9.69. The molecule has 4 heteroatoms. The highest BCUT2D eigenvalue weighted by atomic mass is 31.1. The van der Waals surface area contributed by atoms with E-state index in [9.17, 15) is 5.11 Å². The fourth-order valence-corrected chi connectivity index (χ4v) is 5.91. The second kappa shape index (κ2) is 7.87. The van der Waals surface area contributed by atoms with E-state index >= 15 is 0 Å². The normalized spacial score (nSPS) is 16.5. The van der Waals surface area contributed by atoms with Gasteiger partial charge >= 0.3 is 0 Å². The lowest BCUT2D eigenvalue weighted by molar-refractivity contribution is 0.263. The summed E-state index contributed by atoms with van der Waals surface area (Å²) >= 11 is 0. The van der Waals surface area contributed by atoms with E-state index in [0.29, 0.717) is 6.61 Å². The van der Waals surface area contributed by atoms with E-state index in [1.807, 2.05) is 24.3 Å². The molecule has 0 aromatic heterocycles. The third kappa shape index (κ3) is 3.98. The number of hydrogen-bond acceptors (Lipinski definition) is 3. The molecule has 1 aliphatic rings. The number of aromatic hydroxyl groups is 1. The number of phenolic OH excluding ortho intramolecular Hbond substituents is 1. The zero-order chi connectivity index (χ0) is 19.6. The molecule has 1 saturated heterocycles. The average Bonchev–Trinajstić information content (AvgIpc) is 3.59. The highest BCUT2D eigenvalue weighted by molar-refractivity contribution is 7.80. The van der Waals surface area contributed by atoms with Gasteiger partial charge in [-0.25, -0.2) is 0 Å². The van der Waals surface area contributed by atoms with Gasteiger partial charge in [-0.3, -0.25) is 0 Å². The highest BCUT2D eigenvalue weighted by Gasteiger charge is 2.23. The van der Waals surface area contributed by atoms with E-state index in [1.54, 1.807) is 12.1 Å². The monoisotopic (exact) mass is 400 g/mol. The van der Waals surface area contributed by atoms with Crippen LogP contribution >= 0.6 is 7.92 Å². The molecule has 2 atom stereocenters. The van der Waals surface area contributed by atoms with E-state index in [4.69, 9.17) is 9.47 Å². The molecule has 4 aromatic carbocycles. The smallest absolute Gasteiger partial charge is 0.119 e. The largest absolute Gasteiger partial charge is 0.508 e. The van der Waals surface area contributed by atoms with Gasteiger partial charge in [0, 0.05) is 0 Å². The van der Waals surface area contributed by atoms with Crippen LogP contribution in [0.1, 0.15) is 0 Å². The third-order valence-electron chi connectivity index (χ3n) is 5.05. The molecule has 4 aromatic rings. The van der Waals surface area contributed by atoms with Crippen molar-refractivity contribution in [2.24, 2.45) is 0 Å². The Balaban J connectivity index is 1.57. The maximum Gasteiger partial charge on any atom is 0.119 e. The zero-order valence-corrected chi connectivity index (χ0v) is 16.8. The van der Waals surface area contributed by atoms with Crippen molar-refractivity contribution in [2.45, 2.75) is 6.10 Å². The summed E-state index contributed by atoms with van der Waals surface area (Å²) in [7, 11) is -0.771. The van der Waals surface area contributed by atoms with Gasteiger partial charge in [-0.1, -0.05) is 66.7 Å². The highest BCUT2D eigenvalue weighted by Crippen LogP contribution is 2.36. The minimum atomic E-state index is -0.771. The summed E-state index contributed by atoms with van der Waals surface area (Å²) in [6, 6.07) is 31.0. The van der Waals surface area contributed by atoms with Gasteiger partial charge in [0.1, 0.15) is 24.2 Å². The van der Waals surface area contributed by atoms with Crippen LogP contribution in [-0.2, 0) is 4.74 Å². The van der Waals surface area contributed by atoms with E-state index in [1.165, 1.54) is 26.7 Å². The van der Waals surface area contributed by atoms with Crippen molar-refractivity contribution in [1.82, 2.24) is 0 Å². The van der Waals surface area contributed by atoms with Gasteiger partial charge in [0.05, 0.1) is 6.61 Å². The third-order valence-corrected chi connectivity index (χ3v) is 7.55. The van der Waals surface area contributed by atoms with E-state index in [-0.39, 0.29) is 11.9 Å². The van der Waals surface area contributed by atoms with Crippen LogP contribution in [0.2, 0.25) is 0 Å². The molecular formula is C25H21O3P. The topological polar surface area (TPSA) is 42.0 Å². The van der Waals surface area contributed by atoms with Crippen LogP contribution in [0.5, 0.6) is 11.5 Å². The Bertz CT molecular complexity index is 1110. The number of rotatable bonds is 6. The molecule has 0 saturated carbocycles. The van der Waals surface area contributed by atoms with E-state index in [2.05, 4.69) is 54.6 Å². The molecule has 0 bridgehead atoms. The summed E-state index contributed by atoms with van der Waals surface area (Å²) in [6.45, 7) is 1.40. The molecule has 144 valence electrons. The van der Waals surface area contributed by atoms with Gasteiger partial charge in [-0.15, -0.1) is 0 Å². The van der Waals surface area contributed by atoms with Gasteiger partial charge in [0.15, 0.2) is 0 Å². The van der Waals surface area contributed by atoms with Crippen LogP contribution in [0, 0.1) is 0 Å². The quantitative estimate of drug-likeness (QED) is 0.392. The van der Waals surface area contributed by atoms with E-state index in [0.717, 1.165) is 12.4 Å². The van der Waals surface area contributed by atoms with Gasteiger partial charge in [0.25, 0.3) is 0 Å². The molecule has 0 spiro atoms. The summed E-state index contributed by atoms with van der Waals surface area (Å²) in [5, 5.41) is 16.0. The standard InChI is InChI=1S/C25H21O3P/c26-19-8-12-22(13-9-19)29(25-7-3-5-18-4-1-2-6-24(18)25)23-14-10-20(11-15-23)27-16-21-17-28-21/h1-15,21,26H,16-17H2. The minimum absolute atomic E-state index is 0.250. The summed E-state index contributed by atoms with van der Waals surface area (Å²) in [5.41, 5.74) is 0. The SMILES string of the molecule is Oc1ccc(P(c2ccc(OCC3CO3)cc2)c2cccc3ccccc23)cc1. The minimum Gasteiger partial charge on any atom is -0.508 e. The molecule has 0 amide bonds. The number of ether oxygens (including phenoxy) is 2. The Morgan fingerprint density at radius 1 is 0.828 bits per heavy atom. The van der Waals surface area contributed by atoms with Crippen molar-refractivity contribution in [3.05, 3.63) is 91.0 Å². The Labute approximate surface area is 171 Å². The fourth-order valence-electron chi connectivity index (χ4n) is 3.48. The predicted octanol–water partition coefficient (Wildman–Crippen LogP) is 4.08. The number of benzene rings is 4. The van der Waals surface area contributed by atoms with Crippen molar-refractivity contribution in [3.63, 3.8) is 0 Å². The van der Waals surface area contributed by atoms with Crippen molar-refractivity contribution in [1.29, 1.82) is 0 Å². The predicted molar refractivity (Wildman–Crippen MR) is 120 cm³/mol. The Kier molecular flexibility index (Phi) is 4.93. The number of epoxide rings is 1. The number of hydrogen-bond donors (Lipinski definition) is 1. The fraction of sp³-hybridized carbons (Fsp3) is 0.120. The maximum absolute atomic E-state index is 9.78. The molecule has 1 fully saturated rings. The van der Waals surface area contributed by atoms with Crippen molar-refractivity contribution >= 4 is 34.6 Å². The molecule has 3 nitrogen and oxygen atoms in total. The summed E-state index contributed by atoms with van der Waals surface area (Å²) in [6.07, 6.45) is 0.250. The van der Waals surface area contributed by atoms with Crippen molar-refractivity contribution in [3.8, 4) is 11.5 Å². The lowest BCUT2D eigenvalue weighted by Gasteiger charge is -2.21. The summed E-state index contributed by atoms with van der Waals surface area (Å²) < 4.78 is 11.0. The summed E-state index contributed by atoms with van der Waals surface area (Å²) in [4.78, 5) is 0. The first-order valence-corrected chi connectivity index (χ1v) is 11.0. The number of fused-ring (bicyclic) bond motifs is 1. The van der Waals surface area contributed by atoms with Crippen molar-refractivity contribution in [2.75, 3.05) is 13.2 Å². The lowest BCUT2D eigenvalue weighted by Crippen LogP contribution is -2.21. The Hall–Kier alpha value is -2.87. The molecule has 1 aliphatic heterocycles. The Morgan fingerprint density at radius 2 is 1.48 bits per heavy atom. The molecule has 5 rings (SSSR count). The zero-order valence-electron chi connectivity index (χ0n) is 15.9. The number of phenols is 1. The maximum atomic E-state index is 9.78. The first kappa shape index (κ1) is 18.2. The van der Waals surface area contributed by atoms with Crippen LogP contribution in [0.4, 0.5) is 0 Å². The summed E-state index contributed by atoms with van der Waals surface area (Å²) in [5.74, 6) is 1.15. The van der Waals surface area contributed by atoms with Crippen LogP contribution in [0.25, 0.3) is 10.8 Å². The molecule has 0 aliphatic carbocycles. The second-order valence-electron chi connectivity index (χ2n) is 7.11. The van der Waals surface area contributed by atoms with E-state index < -0.39 is 7.92 Å². The van der Waals surface area contributed by atoms with Gasteiger partial charge in [0.2, 0.25) is 0 Å². The average molecular weight is 400 g/mol. The Morgan fingerprint density at radius 3 is 2.21 bits per heavy atom. The molecule has 1 heterocycles. The van der Waals surface area contributed by atoms with Crippen molar-refractivity contribution < 1.29 is 14.6 Å². The van der Waals surface area contributed by atoms with Crippen LogP contribution in [0.3, 0.4) is 0 Å². The molecular weight excluding hydrogens is 379 g/mol. The van der Waals surface area contributed by atoms with Crippen LogP contribution in [-0.4, -0.2) is 24.4 Å². The van der Waals surface area contributed by atoms with Gasteiger partial charge < -0.3 is 14.6 Å². The van der Waals surface area contributed by atoms with Crippen LogP contribution < -0.4 is 20.7 Å². The molecule has 2 unspecified atom stereocenters. The van der Waals surface area contributed by atoms with Gasteiger partial charge in [-0.05, 0) is 58.9 Å². The molecule has 1 N–H and O–H groups in total. The molecule has 29 heavy (non-hydrogen) atoms.